The lowest BCUT2D eigenvalue weighted by Crippen LogP contribution is -2.33. The van der Waals surface area contributed by atoms with E-state index in [-0.39, 0.29) is 17.7 Å². The van der Waals surface area contributed by atoms with Gasteiger partial charge in [0.25, 0.3) is 5.24 Å². The van der Waals surface area contributed by atoms with Crippen LogP contribution in [0.5, 0.6) is 0 Å². The predicted molar refractivity (Wildman–Crippen MR) is 67.3 cm³/mol. The molecule has 0 aliphatic carbocycles. The van der Waals surface area contributed by atoms with Crippen LogP contribution in [-0.2, 0) is 11.2 Å². The van der Waals surface area contributed by atoms with Gasteiger partial charge in [0, 0.05) is 12.3 Å². The Kier molecular flexibility index (Phi) is 3.95. The first kappa shape index (κ1) is 12.3. The summed E-state index contributed by atoms with van der Waals surface area (Å²) in [5.41, 5.74) is 0. The molecule has 2 rings (SSSR count). The summed E-state index contributed by atoms with van der Waals surface area (Å²) >= 11 is 2.60. The van der Waals surface area contributed by atoms with E-state index in [2.05, 4.69) is 15.5 Å². The smallest absolute Gasteiger partial charge is 0.282 e. The number of rotatable bonds is 4. The molecule has 2 heterocycles. The Morgan fingerprint density at radius 2 is 2.35 bits per heavy atom. The maximum Gasteiger partial charge on any atom is 0.282 e. The molecule has 1 N–H and O–H groups in total. The molecule has 2 amide bonds. The molecule has 0 radical (unpaired) electrons. The molecule has 1 fully saturated rings. The van der Waals surface area contributed by atoms with Crippen molar-refractivity contribution in [3.63, 3.8) is 0 Å². The van der Waals surface area contributed by atoms with Crippen molar-refractivity contribution in [3.05, 3.63) is 5.01 Å². The normalized spacial score (nSPS) is 15.4. The zero-order valence-corrected chi connectivity index (χ0v) is 10.9. The molecule has 1 saturated heterocycles. The molecule has 1 aliphatic rings. The predicted octanol–water partition coefficient (Wildman–Crippen LogP) is 1.21. The van der Waals surface area contributed by atoms with Crippen LogP contribution in [0.3, 0.4) is 0 Å². The fraction of sp³-hybridized carbons (Fsp3) is 0.556. The minimum atomic E-state index is -0.223. The van der Waals surface area contributed by atoms with E-state index in [4.69, 9.17) is 0 Å². The molecule has 17 heavy (non-hydrogen) atoms. The van der Waals surface area contributed by atoms with E-state index in [1.165, 1.54) is 28.0 Å². The second-order valence-corrected chi connectivity index (χ2v) is 5.55. The van der Waals surface area contributed by atoms with Crippen molar-refractivity contribution < 1.29 is 9.59 Å². The van der Waals surface area contributed by atoms with Gasteiger partial charge in [-0.1, -0.05) is 30.0 Å². The first-order valence-electron chi connectivity index (χ1n) is 5.23. The first-order chi connectivity index (χ1) is 8.19. The molecule has 1 aromatic rings. The maximum atomic E-state index is 11.6. The van der Waals surface area contributed by atoms with Gasteiger partial charge in [0.2, 0.25) is 11.0 Å². The van der Waals surface area contributed by atoms with Crippen LogP contribution in [0.25, 0.3) is 0 Å². The summed E-state index contributed by atoms with van der Waals surface area (Å²) < 4.78 is 0. The number of anilines is 1. The highest BCUT2D eigenvalue weighted by molar-refractivity contribution is 8.13. The van der Waals surface area contributed by atoms with Crippen molar-refractivity contribution in [2.24, 2.45) is 0 Å². The molecule has 0 aromatic carbocycles. The summed E-state index contributed by atoms with van der Waals surface area (Å²) in [6.07, 6.45) is 0.800. The van der Waals surface area contributed by atoms with Gasteiger partial charge in [-0.25, -0.2) is 0 Å². The summed E-state index contributed by atoms with van der Waals surface area (Å²) in [5.74, 6) is 0.532. The lowest BCUT2D eigenvalue weighted by atomic mass is 10.5. The molecule has 92 valence electrons. The number of hydrogen-bond donors (Lipinski definition) is 1. The van der Waals surface area contributed by atoms with Crippen molar-refractivity contribution in [1.82, 2.24) is 15.1 Å². The average Bonchev–Trinajstić information content (AvgIpc) is 2.89. The van der Waals surface area contributed by atoms with Gasteiger partial charge in [-0.15, -0.1) is 10.2 Å². The fourth-order valence-electron chi connectivity index (χ4n) is 1.35. The van der Waals surface area contributed by atoms with Crippen LogP contribution in [0.2, 0.25) is 0 Å². The highest BCUT2D eigenvalue weighted by atomic mass is 32.2. The third kappa shape index (κ3) is 3.16. The SMILES string of the molecule is CCc1nnc(NC(=O)CN2CCSC2=O)s1. The van der Waals surface area contributed by atoms with Crippen LogP contribution in [0.4, 0.5) is 9.93 Å². The standard InChI is InChI=1S/C9H12N4O2S2/c1-2-7-11-12-8(17-7)10-6(14)5-13-3-4-16-9(13)15/h2-5H2,1H3,(H,10,12,14). The highest BCUT2D eigenvalue weighted by Crippen LogP contribution is 2.18. The molecule has 1 aliphatic heterocycles. The highest BCUT2D eigenvalue weighted by Gasteiger charge is 2.23. The van der Waals surface area contributed by atoms with E-state index >= 15 is 0 Å². The summed E-state index contributed by atoms with van der Waals surface area (Å²) in [4.78, 5) is 24.5. The van der Waals surface area contributed by atoms with Crippen molar-refractivity contribution in [2.75, 3.05) is 24.2 Å². The fourth-order valence-corrected chi connectivity index (χ4v) is 2.87. The number of carbonyl (C=O) groups excluding carboxylic acids is 2. The summed E-state index contributed by atoms with van der Waals surface area (Å²) in [7, 11) is 0. The Bertz CT molecular complexity index is 434. The monoisotopic (exact) mass is 272 g/mol. The number of aryl methyl sites for hydroxylation is 1. The van der Waals surface area contributed by atoms with Crippen molar-refractivity contribution >= 4 is 39.4 Å². The lowest BCUT2D eigenvalue weighted by molar-refractivity contribution is -0.116. The minimum Gasteiger partial charge on any atom is -0.323 e. The van der Waals surface area contributed by atoms with E-state index in [1.807, 2.05) is 6.92 Å². The van der Waals surface area contributed by atoms with E-state index in [0.717, 1.165) is 17.2 Å². The molecule has 8 heteroatoms. The van der Waals surface area contributed by atoms with E-state index in [1.54, 1.807) is 0 Å². The third-order valence-electron chi connectivity index (χ3n) is 2.20. The molecule has 6 nitrogen and oxygen atoms in total. The van der Waals surface area contributed by atoms with E-state index in [9.17, 15) is 9.59 Å². The van der Waals surface area contributed by atoms with Crippen LogP contribution in [0, 0.1) is 0 Å². The summed E-state index contributed by atoms with van der Waals surface area (Å²) in [5, 5.41) is 11.7. The molecule has 0 bridgehead atoms. The van der Waals surface area contributed by atoms with Gasteiger partial charge in [-0.2, -0.15) is 0 Å². The molecule has 0 saturated carbocycles. The molecular formula is C9H12N4O2S2. The second-order valence-electron chi connectivity index (χ2n) is 3.44. The van der Waals surface area contributed by atoms with Gasteiger partial charge in [0.15, 0.2) is 0 Å². The maximum absolute atomic E-state index is 11.6. The Labute approximate surface area is 107 Å². The Hall–Kier alpha value is -1.15. The van der Waals surface area contributed by atoms with Crippen LogP contribution in [0.15, 0.2) is 0 Å². The van der Waals surface area contributed by atoms with Gasteiger partial charge in [0.1, 0.15) is 11.6 Å². The number of hydrogen-bond acceptors (Lipinski definition) is 6. The quantitative estimate of drug-likeness (QED) is 0.891. The zero-order chi connectivity index (χ0) is 12.3. The van der Waals surface area contributed by atoms with E-state index < -0.39 is 0 Å². The number of nitrogens with one attached hydrogen (secondary N) is 1. The van der Waals surface area contributed by atoms with Gasteiger partial charge >= 0.3 is 0 Å². The van der Waals surface area contributed by atoms with Gasteiger partial charge in [0.05, 0.1) is 0 Å². The third-order valence-corrected chi connectivity index (χ3v) is 4.07. The number of amides is 2. The first-order valence-corrected chi connectivity index (χ1v) is 7.03. The molecule has 1 aromatic heterocycles. The van der Waals surface area contributed by atoms with Crippen molar-refractivity contribution in [2.45, 2.75) is 13.3 Å². The molecule has 0 spiro atoms. The topological polar surface area (TPSA) is 75.2 Å². The Morgan fingerprint density at radius 1 is 1.53 bits per heavy atom. The summed E-state index contributed by atoms with van der Waals surface area (Å²) in [6, 6.07) is 0. The van der Waals surface area contributed by atoms with Crippen molar-refractivity contribution in [3.8, 4) is 0 Å². The Balaban J connectivity index is 1.86. The molecule has 0 unspecified atom stereocenters. The van der Waals surface area contributed by atoms with Crippen molar-refractivity contribution in [1.29, 1.82) is 0 Å². The largest absolute Gasteiger partial charge is 0.323 e. The molecule has 0 atom stereocenters. The number of carbonyl (C=O) groups is 2. The van der Waals surface area contributed by atoms with Crippen LogP contribution in [-0.4, -0.2) is 45.1 Å². The number of aromatic nitrogens is 2. The van der Waals surface area contributed by atoms with Gasteiger partial charge in [-0.3, -0.25) is 14.9 Å². The number of nitrogens with zero attached hydrogens (tertiary/aromatic N) is 3. The second kappa shape index (κ2) is 5.46. The van der Waals surface area contributed by atoms with Crippen LogP contribution in [0.1, 0.15) is 11.9 Å². The number of thioether (sulfide) groups is 1. The lowest BCUT2D eigenvalue weighted by Gasteiger charge is -2.12. The van der Waals surface area contributed by atoms with Gasteiger partial charge < -0.3 is 4.90 Å². The Morgan fingerprint density at radius 3 is 2.94 bits per heavy atom. The zero-order valence-electron chi connectivity index (χ0n) is 9.30. The molecular weight excluding hydrogens is 260 g/mol. The summed E-state index contributed by atoms with van der Waals surface area (Å²) in [6.45, 7) is 2.70. The minimum absolute atomic E-state index is 0.0355. The average molecular weight is 272 g/mol. The van der Waals surface area contributed by atoms with Gasteiger partial charge in [-0.05, 0) is 6.42 Å². The van der Waals surface area contributed by atoms with Crippen LogP contribution < -0.4 is 5.32 Å². The van der Waals surface area contributed by atoms with E-state index in [0.29, 0.717) is 11.7 Å². The van der Waals surface area contributed by atoms with Crippen LogP contribution >= 0.6 is 23.1 Å².